The molecule has 6 heteroatoms. The van der Waals surface area contributed by atoms with Crippen LogP contribution in [0.15, 0.2) is 22.8 Å². The average molecular weight is 343 g/mol. The van der Waals surface area contributed by atoms with Gasteiger partial charge in [0.05, 0.1) is 6.26 Å². The molecule has 1 aliphatic heterocycles. The summed E-state index contributed by atoms with van der Waals surface area (Å²) in [7, 11) is 0. The molecule has 0 saturated carbocycles. The van der Waals surface area contributed by atoms with E-state index < -0.39 is 6.10 Å². The van der Waals surface area contributed by atoms with Gasteiger partial charge in [0.1, 0.15) is 11.9 Å². The maximum Gasteiger partial charge on any atom is 0.274 e. The van der Waals surface area contributed by atoms with Gasteiger partial charge in [-0.2, -0.15) is 5.10 Å². The highest BCUT2D eigenvalue weighted by atomic mass is 16.4. The summed E-state index contributed by atoms with van der Waals surface area (Å²) in [5.41, 5.74) is 2.80. The molecular weight excluding hydrogens is 318 g/mol. The van der Waals surface area contributed by atoms with Crippen LogP contribution in [0.1, 0.15) is 72.1 Å². The SMILES string of the molecule is O=C(c1n[nH]c2c1CCC2)N1CCCCC[C@H]1C[C@@H](O)c1ccco1. The number of likely N-dealkylation sites (tertiary alicyclic amines) is 1. The summed E-state index contributed by atoms with van der Waals surface area (Å²) in [5, 5.41) is 17.8. The summed E-state index contributed by atoms with van der Waals surface area (Å²) in [6.07, 6.45) is 8.52. The van der Waals surface area contributed by atoms with Gasteiger partial charge in [0.15, 0.2) is 5.69 Å². The summed E-state index contributed by atoms with van der Waals surface area (Å²) in [6.45, 7) is 0.732. The number of aromatic nitrogens is 2. The number of aliphatic hydroxyl groups is 1. The fourth-order valence-corrected chi connectivity index (χ4v) is 4.18. The quantitative estimate of drug-likeness (QED) is 0.894. The molecule has 1 aliphatic carbocycles. The molecule has 2 aromatic rings. The van der Waals surface area contributed by atoms with Crippen LogP contribution in [0.4, 0.5) is 0 Å². The number of carbonyl (C=O) groups excluding carboxylic acids is 1. The number of hydrogen-bond acceptors (Lipinski definition) is 4. The van der Waals surface area contributed by atoms with Crippen molar-refractivity contribution >= 4 is 5.91 Å². The number of fused-ring (bicyclic) bond motifs is 1. The summed E-state index contributed by atoms with van der Waals surface area (Å²) >= 11 is 0. The van der Waals surface area contributed by atoms with Crippen molar-refractivity contribution in [2.24, 2.45) is 0 Å². The van der Waals surface area contributed by atoms with Crippen LogP contribution in [0.3, 0.4) is 0 Å². The van der Waals surface area contributed by atoms with E-state index in [2.05, 4.69) is 10.2 Å². The predicted molar refractivity (Wildman–Crippen MR) is 92.2 cm³/mol. The molecule has 1 saturated heterocycles. The lowest BCUT2D eigenvalue weighted by molar-refractivity contribution is 0.0551. The number of hydrogen-bond donors (Lipinski definition) is 2. The highest BCUT2D eigenvalue weighted by molar-refractivity contribution is 5.94. The minimum Gasteiger partial charge on any atom is -0.467 e. The molecule has 0 unspecified atom stereocenters. The van der Waals surface area contributed by atoms with Crippen molar-refractivity contribution in [1.29, 1.82) is 0 Å². The number of nitrogens with one attached hydrogen (secondary N) is 1. The lowest BCUT2D eigenvalue weighted by atomic mass is 10.0. The van der Waals surface area contributed by atoms with Gasteiger partial charge in [0.2, 0.25) is 0 Å². The Balaban J connectivity index is 1.54. The van der Waals surface area contributed by atoms with E-state index in [0.717, 1.165) is 62.7 Å². The van der Waals surface area contributed by atoms with E-state index in [1.807, 2.05) is 4.90 Å². The molecule has 2 aromatic heterocycles. The van der Waals surface area contributed by atoms with Crippen LogP contribution in [0.5, 0.6) is 0 Å². The summed E-state index contributed by atoms with van der Waals surface area (Å²) < 4.78 is 5.33. The lowest BCUT2D eigenvalue weighted by Gasteiger charge is -2.31. The number of aliphatic hydroxyl groups excluding tert-OH is 1. The third-order valence-corrected chi connectivity index (χ3v) is 5.51. The standard InChI is InChI=1S/C19H25N3O3/c23-16(17-9-5-11-25-17)12-13-6-2-1-3-10-22(13)19(24)18-14-7-4-8-15(14)20-21-18/h5,9,11,13,16,23H,1-4,6-8,10,12H2,(H,20,21)/t13-,16+/m0/s1. The average Bonchev–Trinajstić information content (AvgIpc) is 3.31. The molecule has 0 spiro atoms. The molecule has 0 aromatic carbocycles. The third-order valence-electron chi connectivity index (χ3n) is 5.51. The second kappa shape index (κ2) is 7.04. The number of aromatic amines is 1. The largest absolute Gasteiger partial charge is 0.467 e. The van der Waals surface area contributed by atoms with E-state index >= 15 is 0 Å². The normalized spacial score (nSPS) is 21.8. The van der Waals surface area contributed by atoms with Crippen molar-refractivity contribution in [3.05, 3.63) is 41.1 Å². The van der Waals surface area contributed by atoms with E-state index in [-0.39, 0.29) is 11.9 Å². The highest BCUT2D eigenvalue weighted by Gasteiger charge is 2.32. The zero-order valence-corrected chi connectivity index (χ0v) is 14.4. The molecule has 2 aliphatic rings. The maximum absolute atomic E-state index is 13.2. The Kier molecular flexibility index (Phi) is 4.61. The minimum absolute atomic E-state index is 0.0120. The first kappa shape index (κ1) is 16.4. The van der Waals surface area contributed by atoms with Gasteiger partial charge >= 0.3 is 0 Å². The maximum atomic E-state index is 13.2. The summed E-state index contributed by atoms with van der Waals surface area (Å²) in [4.78, 5) is 15.1. The molecule has 2 atom stereocenters. The predicted octanol–water partition coefficient (Wildman–Crippen LogP) is 3.00. The Morgan fingerprint density at radius 3 is 3.12 bits per heavy atom. The first-order chi connectivity index (χ1) is 12.2. The molecule has 3 heterocycles. The van der Waals surface area contributed by atoms with Crippen molar-refractivity contribution in [2.75, 3.05) is 6.54 Å². The van der Waals surface area contributed by atoms with Gasteiger partial charge in [-0.1, -0.05) is 12.8 Å². The highest BCUT2D eigenvalue weighted by Crippen LogP contribution is 2.30. The topological polar surface area (TPSA) is 82.4 Å². The van der Waals surface area contributed by atoms with Crippen LogP contribution in [-0.2, 0) is 12.8 Å². The number of amides is 1. The fourth-order valence-electron chi connectivity index (χ4n) is 4.18. The Morgan fingerprint density at radius 1 is 1.36 bits per heavy atom. The van der Waals surface area contributed by atoms with Gasteiger partial charge in [-0.15, -0.1) is 0 Å². The molecule has 134 valence electrons. The van der Waals surface area contributed by atoms with Crippen molar-refractivity contribution in [3.63, 3.8) is 0 Å². The van der Waals surface area contributed by atoms with Crippen LogP contribution in [0.2, 0.25) is 0 Å². The number of H-pyrrole nitrogens is 1. The molecule has 25 heavy (non-hydrogen) atoms. The van der Waals surface area contributed by atoms with E-state index in [1.54, 1.807) is 18.4 Å². The summed E-state index contributed by atoms with van der Waals surface area (Å²) in [5.74, 6) is 0.579. The van der Waals surface area contributed by atoms with Crippen LogP contribution in [-0.4, -0.2) is 38.7 Å². The monoisotopic (exact) mass is 343 g/mol. The van der Waals surface area contributed by atoms with E-state index in [0.29, 0.717) is 17.9 Å². The number of carbonyl (C=O) groups is 1. The van der Waals surface area contributed by atoms with Gasteiger partial charge in [-0.05, 0) is 44.2 Å². The zero-order valence-electron chi connectivity index (χ0n) is 14.4. The Morgan fingerprint density at radius 2 is 2.28 bits per heavy atom. The Hall–Kier alpha value is -2.08. The van der Waals surface area contributed by atoms with Crippen LogP contribution < -0.4 is 0 Å². The molecule has 1 amide bonds. The zero-order chi connectivity index (χ0) is 17.2. The fraction of sp³-hybridized carbons (Fsp3) is 0.579. The first-order valence-corrected chi connectivity index (χ1v) is 9.32. The van der Waals surface area contributed by atoms with Gasteiger partial charge in [-0.3, -0.25) is 9.89 Å². The van der Waals surface area contributed by atoms with Crippen molar-refractivity contribution in [1.82, 2.24) is 15.1 Å². The van der Waals surface area contributed by atoms with Gasteiger partial charge in [0, 0.05) is 30.3 Å². The molecule has 4 rings (SSSR count). The van der Waals surface area contributed by atoms with Crippen LogP contribution >= 0.6 is 0 Å². The molecular formula is C19H25N3O3. The van der Waals surface area contributed by atoms with E-state index in [1.165, 1.54) is 0 Å². The number of rotatable bonds is 4. The molecule has 2 N–H and O–H groups in total. The second-order valence-electron chi connectivity index (χ2n) is 7.15. The van der Waals surface area contributed by atoms with Gasteiger partial charge in [0.25, 0.3) is 5.91 Å². The number of nitrogens with zero attached hydrogens (tertiary/aromatic N) is 2. The molecule has 1 fully saturated rings. The smallest absolute Gasteiger partial charge is 0.274 e. The number of aryl methyl sites for hydroxylation is 1. The van der Waals surface area contributed by atoms with Crippen molar-refractivity contribution in [3.8, 4) is 0 Å². The van der Waals surface area contributed by atoms with Crippen LogP contribution in [0, 0.1) is 0 Å². The Labute approximate surface area is 147 Å². The molecule has 6 nitrogen and oxygen atoms in total. The first-order valence-electron chi connectivity index (χ1n) is 9.32. The minimum atomic E-state index is -0.682. The van der Waals surface area contributed by atoms with Crippen LogP contribution in [0.25, 0.3) is 0 Å². The van der Waals surface area contributed by atoms with Crippen molar-refractivity contribution < 1.29 is 14.3 Å². The molecule has 0 radical (unpaired) electrons. The third kappa shape index (κ3) is 3.23. The summed E-state index contributed by atoms with van der Waals surface area (Å²) in [6, 6.07) is 3.58. The lowest BCUT2D eigenvalue weighted by Crippen LogP contribution is -2.41. The van der Waals surface area contributed by atoms with E-state index in [9.17, 15) is 9.90 Å². The van der Waals surface area contributed by atoms with Gasteiger partial charge < -0.3 is 14.4 Å². The number of furan rings is 1. The van der Waals surface area contributed by atoms with E-state index in [4.69, 9.17) is 4.42 Å². The second-order valence-corrected chi connectivity index (χ2v) is 7.15. The molecule has 0 bridgehead atoms. The Bertz CT molecular complexity index is 722. The van der Waals surface area contributed by atoms with Crippen molar-refractivity contribution in [2.45, 2.75) is 63.5 Å². The van der Waals surface area contributed by atoms with Gasteiger partial charge in [-0.25, -0.2) is 0 Å².